The maximum absolute atomic E-state index is 11.7. The predicted octanol–water partition coefficient (Wildman–Crippen LogP) is -0.705. The molecule has 0 aliphatic heterocycles. The Bertz CT molecular complexity index is 473. The molecule has 0 aliphatic carbocycles. The number of aryl methyl sites for hydroxylation is 1. The van der Waals surface area contributed by atoms with Crippen LogP contribution in [0.2, 0.25) is 0 Å². The molecule has 8 nitrogen and oxygen atoms in total. The highest BCUT2D eigenvalue weighted by atomic mass is 32.1. The van der Waals surface area contributed by atoms with E-state index in [9.17, 15) is 14.4 Å². The third kappa shape index (κ3) is 3.77. The summed E-state index contributed by atoms with van der Waals surface area (Å²) in [5.74, 6) is -2.41. The second kappa shape index (κ2) is 6.05. The largest absolute Gasteiger partial charge is 0.480 e. The number of carbonyl (C=O) groups is 3. The summed E-state index contributed by atoms with van der Waals surface area (Å²) in [5.41, 5.74) is 5.36. The smallest absolute Gasteiger partial charge is 0.326 e. The van der Waals surface area contributed by atoms with Crippen LogP contribution in [0, 0.1) is 6.92 Å². The molecule has 0 aliphatic rings. The number of carboxylic acid groups (broad SMARTS) is 1. The van der Waals surface area contributed by atoms with E-state index in [1.807, 2.05) is 0 Å². The fourth-order valence-electron chi connectivity index (χ4n) is 1.21. The number of nitrogens with two attached hydrogens (primary N) is 1. The number of rotatable bonds is 6. The Labute approximate surface area is 106 Å². The zero-order chi connectivity index (χ0) is 13.7. The first kappa shape index (κ1) is 14.0. The lowest BCUT2D eigenvalue weighted by atomic mass is 10.1. The first-order chi connectivity index (χ1) is 8.41. The minimum Gasteiger partial charge on any atom is -0.480 e. The fraction of sp³-hybridized carbons (Fsp3) is 0.444. The Morgan fingerprint density at radius 1 is 1.50 bits per heavy atom. The van der Waals surface area contributed by atoms with Crippen LogP contribution >= 0.6 is 11.5 Å². The molecule has 1 heterocycles. The van der Waals surface area contributed by atoms with Gasteiger partial charge >= 0.3 is 5.97 Å². The number of aliphatic carboxylic acids is 1. The number of primary amides is 1. The normalized spacial score (nSPS) is 11.8. The molecule has 0 radical (unpaired) electrons. The van der Waals surface area contributed by atoms with Crippen molar-refractivity contribution in [3.8, 4) is 0 Å². The Hall–Kier alpha value is -2.03. The fourth-order valence-corrected chi connectivity index (χ4v) is 1.77. The molecule has 1 aromatic rings. The number of nitrogens with zero attached hydrogens (tertiary/aromatic N) is 2. The molecule has 0 spiro atoms. The highest BCUT2D eigenvalue weighted by Gasteiger charge is 2.23. The summed E-state index contributed by atoms with van der Waals surface area (Å²) in [6.07, 6.45) is -0.168. The Balaban J connectivity index is 2.67. The van der Waals surface area contributed by atoms with E-state index in [2.05, 4.69) is 14.9 Å². The summed E-state index contributed by atoms with van der Waals surface area (Å²) in [7, 11) is 0. The van der Waals surface area contributed by atoms with Crippen molar-refractivity contribution in [3.05, 3.63) is 10.6 Å². The van der Waals surface area contributed by atoms with Gasteiger partial charge in [-0.25, -0.2) is 4.79 Å². The molecule has 1 atom stereocenters. The molecule has 0 saturated carbocycles. The number of hydrogen-bond donors (Lipinski definition) is 3. The van der Waals surface area contributed by atoms with Gasteiger partial charge < -0.3 is 16.2 Å². The molecule has 0 bridgehead atoms. The Morgan fingerprint density at radius 2 is 2.17 bits per heavy atom. The summed E-state index contributed by atoms with van der Waals surface area (Å²) in [6.45, 7) is 1.59. The molecule has 98 valence electrons. The van der Waals surface area contributed by atoms with Crippen molar-refractivity contribution in [1.29, 1.82) is 0 Å². The lowest BCUT2D eigenvalue weighted by Crippen LogP contribution is -2.41. The van der Waals surface area contributed by atoms with Crippen molar-refractivity contribution in [2.75, 3.05) is 0 Å². The van der Waals surface area contributed by atoms with Crippen LogP contribution in [0.3, 0.4) is 0 Å². The lowest BCUT2D eigenvalue weighted by Gasteiger charge is -2.12. The number of carboxylic acids is 1. The van der Waals surface area contributed by atoms with Gasteiger partial charge in [-0.15, -0.1) is 5.10 Å². The van der Waals surface area contributed by atoms with E-state index in [4.69, 9.17) is 10.8 Å². The average molecular weight is 272 g/mol. The maximum Gasteiger partial charge on any atom is 0.326 e. The van der Waals surface area contributed by atoms with Crippen LogP contribution in [0.1, 0.15) is 28.2 Å². The van der Waals surface area contributed by atoms with Gasteiger partial charge in [0.1, 0.15) is 10.9 Å². The molecular weight excluding hydrogens is 260 g/mol. The minimum atomic E-state index is -1.22. The van der Waals surface area contributed by atoms with Gasteiger partial charge in [-0.2, -0.15) is 0 Å². The number of amides is 2. The van der Waals surface area contributed by atoms with E-state index < -0.39 is 23.8 Å². The molecule has 1 rings (SSSR count). The second-order valence-electron chi connectivity index (χ2n) is 3.56. The van der Waals surface area contributed by atoms with Crippen molar-refractivity contribution in [2.24, 2.45) is 5.73 Å². The van der Waals surface area contributed by atoms with Crippen LogP contribution in [0.4, 0.5) is 0 Å². The summed E-state index contributed by atoms with van der Waals surface area (Å²) >= 11 is 0.878. The molecule has 0 fully saturated rings. The van der Waals surface area contributed by atoms with Crippen LogP contribution in [0.25, 0.3) is 0 Å². The van der Waals surface area contributed by atoms with Gasteiger partial charge in [0.05, 0.1) is 5.69 Å². The van der Waals surface area contributed by atoms with Gasteiger partial charge in [-0.05, 0) is 24.9 Å². The van der Waals surface area contributed by atoms with Crippen LogP contribution in [-0.4, -0.2) is 38.5 Å². The summed E-state index contributed by atoms with van der Waals surface area (Å²) in [6, 6.07) is -1.16. The summed E-state index contributed by atoms with van der Waals surface area (Å²) < 4.78 is 3.58. The predicted molar refractivity (Wildman–Crippen MR) is 62.0 cm³/mol. The van der Waals surface area contributed by atoms with E-state index in [1.54, 1.807) is 6.92 Å². The van der Waals surface area contributed by atoms with Crippen molar-refractivity contribution in [1.82, 2.24) is 14.9 Å². The SMILES string of the molecule is Cc1nnsc1C(=O)N[C@H](CCC(N)=O)C(=O)O. The molecule has 4 N–H and O–H groups in total. The Morgan fingerprint density at radius 3 is 2.61 bits per heavy atom. The first-order valence-corrected chi connectivity index (χ1v) is 5.80. The molecule has 9 heteroatoms. The highest BCUT2D eigenvalue weighted by molar-refractivity contribution is 7.08. The standard InChI is InChI=1S/C9H12N4O4S/c1-4-7(18-13-12-4)8(15)11-5(9(16)17)2-3-6(10)14/h5H,2-3H2,1H3,(H2,10,14)(H,11,15)(H,16,17)/t5-/m1/s1. The minimum absolute atomic E-state index is 0.0539. The number of aromatic nitrogens is 2. The first-order valence-electron chi connectivity index (χ1n) is 5.02. The number of nitrogens with one attached hydrogen (secondary N) is 1. The van der Waals surface area contributed by atoms with Gasteiger partial charge in [0.15, 0.2) is 0 Å². The van der Waals surface area contributed by atoms with E-state index in [1.165, 1.54) is 0 Å². The summed E-state index contributed by atoms with van der Waals surface area (Å²) in [4.78, 5) is 33.5. The summed E-state index contributed by atoms with van der Waals surface area (Å²) in [5, 5.41) is 14.9. The quantitative estimate of drug-likeness (QED) is 0.626. The molecule has 0 saturated heterocycles. The topological polar surface area (TPSA) is 135 Å². The van der Waals surface area contributed by atoms with E-state index in [0.29, 0.717) is 5.69 Å². The van der Waals surface area contributed by atoms with Crippen molar-refractivity contribution >= 4 is 29.3 Å². The maximum atomic E-state index is 11.7. The van der Waals surface area contributed by atoms with Crippen molar-refractivity contribution in [3.63, 3.8) is 0 Å². The van der Waals surface area contributed by atoms with E-state index in [-0.39, 0.29) is 17.7 Å². The van der Waals surface area contributed by atoms with Crippen molar-refractivity contribution in [2.45, 2.75) is 25.8 Å². The van der Waals surface area contributed by atoms with E-state index in [0.717, 1.165) is 11.5 Å². The van der Waals surface area contributed by atoms with Gasteiger partial charge in [0, 0.05) is 6.42 Å². The van der Waals surface area contributed by atoms with Gasteiger partial charge in [-0.3, -0.25) is 9.59 Å². The average Bonchev–Trinajstić information content (AvgIpc) is 2.69. The molecule has 0 unspecified atom stereocenters. The number of carbonyl (C=O) groups excluding carboxylic acids is 2. The molecule has 2 amide bonds. The molecule has 1 aromatic heterocycles. The molecule has 0 aromatic carbocycles. The second-order valence-corrected chi connectivity index (χ2v) is 4.31. The molecular formula is C9H12N4O4S. The van der Waals surface area contributed by atoms with E-state index >= 15 is 0 Å². The van der Waals surface area contributed by atoms with Gasteiger partial charge in [0.2, 0.25) is 5.91 Å². The van der Waals surface area contributed by atoms with Crippen LogP contribution < -0.4 is 11.1 Å². The Kier molecular flexibility index (Phi) is 4.72. The molecule has 18 heavy (non-hydrogen) atoms. The zero-order valence-electron chi connectivity index (χ0n) is 9.54. The van der Waals surface area contributed by atoms with Crippen LogP contribution in [0.15, 0.2) is 0 Å². The monoisotopic (exact) mass is 272 g/mol. The van der Waals surface area contributed by atoms with Crippen LogP contribution in [-0.2, 0) is 9.59 Å². The lowest BCUT2D eigenvalue weighted by molar-refractivity contribution is -0.139. The van der Waals surface area contributed by atoms with Crippen molar-refractivity contribution < 1.29 is 19.5 Å². The number of hydrogen-bond acceptors (Lipinski definition) is 6. The van der Waals surface area contributed by atoms with Crippen LogP contribution in [0.5, 0.6) is 0 Å². The highest BCUT2D eigenvalue weighted by Crippen LogP contribution is 2.09. The third-order valence-corrected chi connectivity index (χ3v) is 2.97. The van der Waals surface area contributed by atoms with Gasteiger partial charge in [-0.1, -0.05) is 4.49 Å². The third-order valence-electron chi connectivity index (χ3n) is 2.14. The zero-order valence-corrected chi connectivity index (χ0v) is 10.4. The van der Waals surface area contributed by atoms with Gasteiger partial charge in [0.25, 0.3) is 5.91 Å².